The van der Waals surface area contributed by atoms with Crippen molar-refractivity contribution in [1.82, 2.24) is 0 Å². The maximum absolute atomic E-state index is 15.9. The van der Waals surface area contributed by atoms with Crippen molar-refractivity contribution in [3.63, 3.8) is 0 Å². The largest absolute Gasteiger partial charge is 0.381 e. The molecule has 0 bridgehead atoms. The summed E-state index contributed by atoms with van der Waals surface area (Å²) in [4.78, 5) is 14.8. The first kappa shape index (κ1) is 28.2. The Balaban J connectivity index is 1.79. The highest BCUT2D eigenvalue weighted by Crippen LogP contribution is 2.45. The van der Waals surface area contributed by atoms with Crippen LogP contribution in [-0.4, -0.2) is 27.5 Å². The molecule has 202 valence electrons. The number of hydrogen-bond acceptors (Lipinski definition) is 4. The highest BCUT2D eigenvalue weighted by atomic mass is 35.5. The third-order valence-electron chi connectivity index (χ3n) is 6.84. The van der Waals surface area contributed by atoms with Crippen LogP contribution in [-0.2, 0) is 30.7 Å². The molecular weight excluding hydrogens is 532 g/mol. The van der Waals surface area contributed by atoms with Gasteiger partial charge in [0.1, 0.15) is 16.4 Å². The molecule has 4 rings (SSSR count). The van der Waals surface area contributed by atoms with E-state index >= 15 is 4.39 Å². The highest BCUT2D eigenvalue weighted by molar-refractivity contribution is 7.92. The van der Waals surface area contributed by atoms with Crippen LogP contribution in [0.5, 0.6) is 0 Å². The van der Waals surface area contributed by atoms with Crippen molar-refractivity contribution in [2.45, 2.75) is 49.8 Å². The van der Waals surface area contributed by atoms with Crippen molar-refractivity contribution >= 4 is 33.0 Å². The third-order valence-corrected chi connectivity index (χ3v) is 9.66. The van der Waals surface area contributed by atoms with Crippen LogP contribution in [0.1, 0.15) is 44.7 Å². The van der Waals surface area contributed by atoms with E-state index in [1.807, 2.05) is 0 Å². The van der Waals surface area contributed by atoms with Gasteiger partial charge < -0.3 is 9.64 Å². The smallest absolute Gasteiger partial charge is 0.232 e. The number of nitrogens with zero attached hydrogens (tertiary/aromatic N) is 1. The standard InChI is InChI=1S/C29H30ClF2NO4S/c1-28(2,3)27(34)33(19-20-4-9-23(31)10-5-20)26-13-6-21(18-25(26)32)29(14-16-37-17-15-29)38(35,36)24-11-7-22(30)8-12-24/h4-13,18H,14-17,19H2,1-3H3. The summed E-state index contributed by atoms with van der Waals surface area (Å²) in [6, 6.07) is 15.8. The van der Waals surface area contributed by atoms with Gasteiger partial charge in [0, 0.05) is 23.7 Å². The molecule has 1 fully saturated rings. The zero-order valence-corrected chi connectivity index (χ0v) is 23.1. The predicted molar refractivity (Wildman–Crippen MR) is 144 cm³/mol. The number of benzene rings is 3. The first-order valence-electron chi connectivity index (χ1n) is 12.3. The Morgan fingerprint density at radius 1 is 0.974 bits per heavy atom. The van der Waals surface area contributed by atoms with Crippen LogP contribution < -0.4 is 4.90 Å². The van der Waals surface area contributed by atoms with Crippen LogP contribution in [0.25, 0.3) is 0 Å². The van der Waals surface area contributed by atoms with Crippen LogP contribution in [0, 0.1) is 17.0 Å². The van der Waals surface area contributed by atoms with Crippen molar-refractivity contribution in [3.05, 3.63) is 94.5 Å². The van der Waals surface area contributed by atoms with Crippen molar-refractivity contribution in [3.8, 4) is 0 Å². The zero-order chi connectivity index (χ0) is 27.7. The topological polar surface area (TPSA) is 63.7 Å². The molecule has 0 unspecified atom stereocenters. The molecule has 0 spiro atoms. The van der Waals surface area contributed by atoms with Crippen molar-refractivity contribution in [1.29, 1.82) is 0 Å². The van der Waals surface area contributed by atoms with E-state index < -0.39 is 31.6 Å². The number of amides is 1. The quantitative estimate of drug-likeness (QED) is 0.337. The summed E-state index contributed by atoms with van der Waals surface area (Å²) in [5.74, 6) is -1.47. The van der Waals surface area contributed by atoms with Gasteiger partial charge in [-0.3, -0.25) is 4.79 Å². The number of carbonyl (C=O) groups excluding carboxylic acids is 1. The van der Waals surface area contributed by atoms with Crippen LogP contribution in [0.3, 0.4) is 0 Å². The number of ether oxygens (including phenoxy) is 1. The first-order valence-corrected chi connectivity index (χ1v) is 14.2. The molecule has 1 amide bonds. The molecule has 9 heteroatoms. The van der Waals surface area contributed by atoms with Gasteiger partial charge in [0.05, 0.1) is 17.1 Å². The minimum Gasteiger partial charge on any atom is -0.381 e. The number of carbonyl (C=O) groups is 1. The zero-order valence-electron chi connectivity index (χ0n) is 21.5. The highest BCUT2D eigenvalue weighted by Gasteiger charge is 2.48. The molecule has 0 aliphatic carbocycles. The van der Waals surface area contributed by atoms with E-state index in [2.05, 4.69) is 0 Å². The summed E-state index contributed by atoms with van der Waals surface area (Å²) in [5.41, 5.74) is 0.107. The van der Waals surface area contributed by atoms with Gasteiger partial charge in [-0.05, 0) is 72.5 Å². The van der Waals surface area contributed by atoms with Gasteiger partial charge in [0.15, 0.2) is 9.84 Å². The Morgan fingerprint density at radius 3 is 2.13 bits per heavy atom. The van der Waals surface area contributed by atoms with Gasteiger partial charge in [0.25, 0.3) is 0 Å². The molecular formula is C29H30ClF2NO4S. The second-order valence-electron chi connectivity index (χ2n) is 10.5. The van der Waals surface area contributed by atoms with Gasteiger partial charge in [-0.15, -0.1) is 0 Å². The number of rotatable bonds is 6. The van der Waals surface area contributed by atoms with E-state index in [0.717, 1.165) is 0 Å². The number of hydrogen-bond donors (Lipinski definition) is 0. The van der Waals surface area contributed by atoms with Crippen molar-refractivity contribution in [2.24, 2.45) is 5.41 Å². The molecule has 1 saturated heterocycles. The molecule has 0 N–H and O–H groups in total. The normalized spacial score (nSPS) is 15.7. The van der Waals surface area contributed by atoms with E-state index in [4.69, 9.17) is 16.3 Å². The summed E-state index contributed by atoms with van der Waals surface area (Å²) in [5, 5.41) is 0.408. The Hall–Kier alpha value is -2.81. The molecule has 0 saturated carbocycles. The van der Waals surface area contributed by atoms with Gasteiger partial charge in [-0.25, -0.2) is 17.2 Å². The summed E-state index contributed by atoms with van der Waals surface area (Å²) in [6.07, 6.45) is 0.300. The molecule has 0 aromatic heterocycles. The molecule has 5 nitrogen and oxygen atoms in total. The lowest BCUT2D eigenvalue weighted by atomic mass is 9.89. The Kier molecular flexibility index (Phi) is 7.98. The monoisotopic (exact) mass is 561 g/mol. The molecule has 38 heavy (non-hydrogen) atoms. The summed E-state index contributed by atoms with van der Waals surface area (Å²) in [6.45, 7) is 5.62. The minimum atomic E-state index is -3.96. The van der Waals surface area contributed by atoms with E-state index in [1.165, 1.54) is 53.4 Å². The average molecular weight is 562 g/mol. The van der Waals surface area contributed by atoms with E-state index in [9.17, 15) is 17.6 Å². The van der Waals surface area contributed by atoms with Crippen LogP contribution in [0.15, 0.2) is 71.6 Å². The average Bonchev–Trinajstić information content (AvgIpc) is 2.88. The van der Waals surface area contributed by atoms with Gasteiger partial charge in [-0.2, -0.15) is 0 Å². The van der Waals surface area contributed by atoms with E-state index in [0.29, 0.717) is 16.1 Å². The number of anilines is 1. The van der Waals surface area contributed by atoms with Gasteiger partial charge in [0.2, 0.25) is 5.91 Å². The van der Waals surface area contributed by atoms with E-state index in [1.54, 1.807) is 39.0 Å². The minimum absolute atomic E-state index is 0.0177. The molecule has 0 radical (unpaired) electrons. The summed E-state index contributed by atoms with van der Waals surface area (Å²) in [7, 11) is -3.96. The maximum atomic E-state index is 15.9. The number of sulfone groups is 1. The van der Waals surface area contributed by atoms with E-state index in [-0.39, 0.29) is 49.1 Å². The molecule has 1 heterocycles. The van der Waals surface area contributed by atoms with Crippen LogP contribution in [0.4, 0.5) is 14.5 Å². The second kappa shape index (κ2) is 10.8. The summed E-state index contributed by atoms with van der Waals surface area (Å²) >= 11 is 5.98. The van der Waals surface area contributed by atoms with Crippen LogP contribution in [0.2, 0.25) is 5.02 Å². The fraction of sp³-hybridized carbons (Fsp3) is 0.345. The van der Waals surface area contributed by atoms with Gasteiger partial charge >= 0.3 is 0 Å². The second-order valence-corrected chi connectivity index (χ2v) is 13.2. The fourth-order valence-corrected chi connectivity index (χ4v) is 6.92. The molecule has 1 aliphatic rings. The Morgan fingerprint density at radius 2 is 1.58 bits per heavy atom. The maximum Gasteiger partial charge on any atom is 0.232 e. The molecule has 3 aromatic rings. The predicted octanol–water partition coefficient (Wildman–Crippen LogP) is 6.68. The molecule has 1 aliphatic heterocycles. The van der Waals surface area contributed by atoms with Crippen LogP contribution >= 0.6 is 11.6 Å². The SMILES string of the molecule is CC(C)(C)C(=O)N(Cc1ccc(F)cc1)c1ccc(C2(S(=O)(=O)c3ccc(Cl)cc3)CCOCC2)cc1F. The van der Waals surface area contributed by atoms with Gasteiger partial charge in [-0.1, -0.05) is 50.6 Å². The molecule has 3 aromatic carbocycles. The molecule has 0 atom stereocenters. The van der Waals surface area contributed by atoms with Crippen molar-refractivity contribution in [2.75, 3.05) is 18.1 Å². The third kappa shape index (κ3) is 5.48. The lowest BCUT2D eigenvalue weighted by Crippen LogP contribution is -2.42. The lowest BCUT2D eigenvalue weighted by Gasteiger charge is -2.37. The Bertz CT molecular complexity index is 1410. The lowest BCUT2D eigenvalue weighted by molar-refractivity contribution is -0.126. The summed E-state index contributed by atoms with van der Waals surface area (Å²) < 4.78 is 61.3. The Labute approximate surface area is 227 Å². The fourth-order valence-electron chi connectivity index (χ4n) is 4.71. The number of halogens is 3. The van der Waals surface area contributed by atoms with Crippen molar-refractivity contribution < 1.29 is 26.7 Å². The first-order chi connectivity index (χ1) is 17.8.